The van der Waals surface area contributed by atoms with Gasteiger partial charge in [-0.1, -0.05) is 18.2 Å². The summed E-state index contributed by atoms with van der Waals surface area (Å²) < 4.78 is 47.2. The number of carbonyl (C=O) groups excluding carboxylic acids is 1. The van der Waals surface area contributed by atoms with Crippen LogP contribution in [0.2, 0.25) is 0 Å². The highest BCUT2D eigenvalue weighted by atomic mass is 19.4. The predicted molar refractivity (Wildman–Crippen MR) is 70.4 cm³/mol. The monoisotopic (exact) mass is 310 g/mol. The van der Waals surface area contributed by atoms with Crippen molar-refractivity contribution in [3.8, 4) is 0 Å². The Morgan fingerprint density at radius 1 is 1.27 bits per heavy atom. The third-order valence-electron chi connectivity index (χ3n) is 3.06. The molecule has 0 unspecified atom stereocenters. The van der Waals surface area contributed by atoms with E-state index in [4.69, 9.17) is 4.42 Å². The van der Waals surface area contributed by atoms with Gasteiger partial charge < -0.3 is 8.83 Å². The Morgan fingerprint density at radius 3 is 2.64 bits per heavy atom. The first-order valence-corrected chi connectivity index (χ1v) is 6.18. The van der Waals surface area contributed by atoms with Crippen molar-refractivity contribution in [1.82, 2.24) is 4.98 Å². The molecule has 0 saturated carbocycles. The van der Waals surface area contributed by atoms with Gasteiger partial charge in [-0.15, -0.1) is 0 Å². The minimum Gasteiger partial charge on any atom is -0.451 e. The lowest BCUT2D eigenvalue weighted by Gasteiger charge is -1.99. The zero-order valence-electron chi connectivity index (χ0n) is 11.2. The second-order valence-electron chi connectivity index (χ2n) is 4.54. The number of aryl methyl sites for hydroxylation is 1. The Bertz CT molecular complexity index is 849. The number of amides is 1. The molecule has 0 aliphatic rings. The molecular formula is C14H9F3N2O3. The minimum atomic E-state index is -4.64. The molecule has 2 heterocycles. The first-order valence-electron chi connectivity index (χ1n) is 6.18. The molecule has 0 radical (unpaired) electrons. The molecule has 2 aromatic heterocycles. The molecule has 0 atom stereocenters. The first-order chi connectivity index (χ1) is 10.4. The lowest BCUT2D eigenvalue weighted by atomic mass is 10.1. The maximum absolute atomic E-state index is 12.4. The quantitative estimate of drug-likeness (QED) is 0.777. The van der Waals surface area contributed by atoms with Gasteiger partial charge in [-0.25, -0.2) is 0 Å². The molecule has 0 aliphatic carbocycles. The summed E-state index contributed by atoms with van der Waals surface area (Å²) in [5.41, 5.74) is -0.131. The smallest absolute Gasteiger partial charge is 0.436 e. The molecule has 0 bridgehead atoms. The Labute approximate surface area is 121 Å². The fourth-order valence-corrected chi connectivity index (χ4v) is 2.01. The van der Waals surface area contributed by atoms with Crippen LogP contribution in [0.15, 0.2) is 39.4 Å². The number of alkyl halides is 3. The molecule has 1 N–H and O–H groups in total. The van der Waals surface area contributed by atoms with Gasteiger partial charge in [0.25, 0.3) is 5.91 Å². The highest BCUT2D eigenvalue weighted by Crippen LogP contribution is 2.30. The van der Waals surface area contributed by atoms with E-state index in [0.717, 1.165) is 5.39 Å². The van der Waals surface area contributed by atoms with Crippen LogP contribution in [0.3, 0.4) is 0 Å². The van der Waals surface area contributed by atoms with E-state index >= 15 is 0 Å². The number of para-hydroxylation sites is 1. The zero-order chi connectivity index (χ0) is 15.9. The number of nitrogens with one attached hydrogen (secondary N) is 1. The van der Waals surface area contributed by atoms with Gasteiger partial charge in [0, 0.05) is 10.9 Å². The van der Waals surface area contributed by atoms with Crippen molar-refractivity contribution in [2.75, 3.05) is 5.32 Å². The SMILES string of the molecule is Cc1c(C(=O)Nc2nc(C(F)(F)F)co2)oc2ccccc12. The summed E-state index contributed by atoms with van der Waals surface area (Å²) in [6.45, 7) is 1.68. The van der Waals surface area contributed by atoms with Crippen LogP contribution in [0.25, 0.3) is 11.0 Å². The van der Waals surface area contributed by atoms with E-state index in [1.54, 1.807) is 31.2 Å². The van der Waals surface area contributed by atoms with Crippen molar-refractivity contribution in [3.05, 3.63) is 47.5 Å². The number of rotatable bonds is 2. The molecule has 1 aromatic carbocycles. The number of oxazole rings is 1. The molecule has 0 fully saturated rings. The molecule has 22 heavy (non-hydrogen) atoms. The van der Waals surface area contributed by atoms with Crippen LogP contribution in [0.1, 0.15) is 21.8 Å². The third kappa shape index (κ3) is 2.43. The van der Waals surface area contributed by atoms with E-state index in [0.29, 0.717) is 17.4 Å². The number of fused-ring (bicyclic) bond motifs is 1. The van der Waals surface area contributed by atoms with E-state index in [-0.39, 0.29) is 5.76 Å². The van der Waals surface area contributed by atoms with Crippen LogP contribution in [-0.2, 0) is 6.18 Å². The van der Waals surface area contributed by atoms with Crippen molar-refractivity contribution in [3.63, 3.8) is 0 Å². The van der Waals surface area contributed by atoms with E-state index in [1.165, 1.54) is 0 Å². The molecule has 0 saturated heterocycles. The number of halogens is 3. The summed E-state index contributed by atoms with van der Waals surface area (Å²) in [5, 5.41) is 2.89. The van der Waals surface area contributed by atoms with Crippen molar-refractivity contribution >= 4 is 22.9 Å². The van der Waals surface area contributed by atoms with Gasteiger partial charge in [-0.2, -0.15) is 18.2 Å². The fourth-order valence-electron chi connectivity index (χ4n) is 2.01. The van der Waals surface area contributed by atoms with Gasteiger partial charge in [0.15, 0.2) is 11.5 Å². The molecular weight excluding hydrogens is 301 g/mol. The number of benzene rings is 1. The van der Waals surface area contributed by atoms with Crippen LogP contribution in [0, 0.1) is 6.92 Å². The summed E-state index contributed by atoms with van der Waals surface area (Å²) in [5.74, 6) is -0.739. The highest BCUT2D eigenvalue weighted by Gasteiger charge is 2.35. The predicted octanol–water partition coefficient (Wildman–Crippen LogP) is 4.00. The normalized spacial score (nSPS) is 11.8. The van der Waals surface area contributed by atoms with Crippen molar-refractivity contribution in [2.45, 2.75) is 13.1 Å². The van der Waals surface area contributed by atoms with Crippen molar-refractivity contribution < 1.29 is 26.8 Å². The zero-order valence-corrected chi connectivity index (χ0v) is 11.2. The number of nitrogens with zero attached hydrogens (tertiary/aromatic N) is 1. The van der Waals surface area contributed by atoms with E-state index in [9.17, 15) is 18.0 Å². The van der Waals surface area contributed by atoms with Gasteiger partial charge >= 0.3 is 12.2 Å². The lowest BCUT2D eigenvalue weighted by Crippen LogP contribution is -2.13. The topological polar surface area (TPSA) is 68.3 Å². The summed E-state index contributed by atoms with van der Waals surface area (Å²) >= 11 is 0. The van der Waals surface area contributed by atoms with Crippen LogP contribution < -0.4 is 5.32 Å². The number of furan rings is 1. The summed E-state index contributed by atoms with van der Waals surface area (Å²) in [6, 6.07) is 6.45. The number of aromatic nitrogens is 1. The number of hydrogen-bond donors (Lipinski definition) is 1. The van der Waals surface area contributed by atoms with E-state index in [2.05, 4.69) is 14.7 Å². The first kappa shape index (κ1) is 14.2. The third-order valence-corrected chi connectivity index (χ3v) is 3.06. The molecule has 1 amide bonds. The highest BCUT2D eigenvalue weighted by molar-refractivity contribution is 6.05. The standard InChI is InChI=1S/C14H9F3N2O3/c1-7-8-4-2-3-5-9(8)22-11(7)12(20)19-13-18-10(6-21-13)14(15,16)17/h2-6H,1H3,(H,18,19,20). The molecule has 3 aromatic rings. The molecule has 8 heteroatoms. The van der Waals surface area contributed by atoms with Crippen LogP contribution in [0.4, 0.5) is 19.2 Å². The van der Waals surface area contributed by atoms with Crippen LogP contribution in [-0.4, -0.2) is 10.9 Å². The van der Waals surface area contributed by atoms with Crippen LogP contribution >= 0.6 is 0 Å². The fraction of sp³-hybridized carbons (Fsp3) is 0.143. The molecule has 3 rings (SSSR count). The van der Waals surface area contributed by atoms with E-state index < -0.39 is 23.8 Å². The maximum atomic E-state index is 12.4. The Balaban J connectivity index is 1.87. The van der Waals surface area contributed by atoms with Gasteiger partial charge in [0.2, 0.25) is 0 Å². The molecule has 0 spiro atoms. The number of anilines is 1. The van der Waals surface area contributed by atoms with Crippen molar-refractivity contribution in [1.29, 1.82) is 0 Å². The van der Waals surface area contributed by atoms with E-state index in [1.807, 2.05) is 0 Å². The Morgan fingerprint density at radius 2 is 2.00 bits per heavy atom. The summed E-state index contributed by atoms with van der Waals surface area (Å²) in [4.78, 5) is 15.2. The molecule has 0 aliphatic heterocycles. The maximum Gasteiger partial charge on any atom is 0.436 e. The second kappa shape index (κ2) is 4.90. The minimum absolute atomic E-state index is 0.00652. The average Bonchev–Trinajstić information content (AvgIpc) is 3.04. The Hall–Kier alpha value is -2.77. The van der Waals surface area contributed by atoms with Gasteiger partial charge in [0.05, 0.1) is 0 Å². The van der Waals surface area contributed by atoms with Gasteiger partial charge in [-0.05, 0) is 13.0 Å². The summed E-state index contributed by atoms with van der Waals surface area (Å²) in [7, 11) is 0. The van der Waals surface area contributed by atoms with Crippen LogP contribution in [0.5, 0.6) is 0 Å². The lowest BCUT2D eigenvalue weighted by molar-refractivity contribution is -0.141. The average molecular weight is 310 g/mol. The molecule has 114 valence electrons. The second-order valence-corrected chi connectivity index (χ2v) is 4.54. The number of carbonyl (C=O) groups is 1. The summed E-state index contributed by atoms with van der Waals surface area (Å²) in [6.07, 6.45) is -4.21. The number of hydrogen-bond acceptors (Lipinski definition) is 4. The van der Waals surface area contributed by atoms with Crippen molar-refractivity contribution in [2.24, 2.45) is 0 Å². The largest absolute Gasteiger partial charge is 0.451 e. The van der Waals surface area contributed by atoms with Gasteiger partial charge in [0.1, 0.15) is 11.8 Å². The molecule has 5 nitrogen and oxygen atoms in total. The van der Waals surface area contributed by atoms with Gasteiger partial charge in [-0.3, -0.25) is 10.1 Å². The Kier molecular flexibility index (Phi) is 3.16.